The Labute approximate surface area is 390 Å². The van der Waals surface area contributed by atoms with Gasteiger partial charge in [0.1, 0.15) is 11.2 Å². The fourth-order valence-corrected chi connectivity index (χ4v) is 11.0. The Bertz CT molecular complexity index is 3760. The van der Waals surface area contributed by atoms with Gasteiger partial charge in [-0.05, 0) is 121 Å². The second-order valence-electron chi connectivity index (χ2n) is 17.5. The molecule has 0 aliphatic heterocycles. The van der Waals surface area contributed by atoms with E-state index in [0.29, 0.717) is 0 Å². The summed E-state index contributed by atoms with van der Waals surface area (Å²) in [4.78, 5) is 2.43. The zero-order valence-corrected chi connectivity index (χ0v) is 36.7. The van der Waals surface area contributed by atoms with Crippen LogP contribution in [0.1, 0.15) is 22.3 Å². The monoisotopic (exact) mass is 853 g/mol. The molecule has 0 spiro atoms. The molecule has 0 saturated carbocycles. The van der Waals surface area contributed by atoms with E-state index in [1.54, 1.807) is 0 Å². The third-order valence-electron chi connectivity index (χ3n) is 14.0. The summed E-state index contributed by atoms with van der Waals surface area (Å²) in [5.74, 6) is 0. The van der Waals surface area contributed by atoms with Crippen molar-refractivity contribution in [1.29, 1.82) is 0 Å². The van der Waals surface area contributed by atoms with Crippen LogP contribution in [-0.2, 0) is 5.41 Å². The average molecular weight is 854 g/mol. The van der Waals surface area contributed by atoms with E-state index in [9.17, 15) is 0 Å². The first-order chi connectivity index (χ1) is 33.2. The van der Waals surface area contributed by atoms with Gasteiger partial charge in [0.25, 0.3) is 0 Å². The van der Waals surface area contributed by atoms with Gasteiger partial charge in [-0.1, -0.05) is 212 Å². The highest BCUT2D eigenvalue weighted by atomic mass is 16.3. The fraction of sp³-hybridized carbons (Fsp3) is 0.0154. The number of nitrogens with zero attached hydrogens (tertiary/aromatic N) is 1. The number of hydrogen-bond acceptors (Lipinski definition) is 2. The topological polar surface area (TPSA) is 16.4 Å². The molecule has 1 aliphatic carbocycles. The zero-order valence-electron chi connectivity index (χ0n) is 36.7. The first kappa shape index (κ1) is 38.7. The number of anilines is 3. The summed E-state index contributed by atoms with van der Waals surface area (Å²) >= 11 is 0. The lowest BCUT2D eigenvalue weighted by molar-refractivity contribution is 0.669. The van der Waals surface area contributed by atoms with Gasteiger partial charge in [-0.2, -0.15) is 0 Å². The summed E-state index contributed by atoms with van der Waals surface area (Å²) in [5.41, 5.74) is 19.1. The maximum atomic E-state index is 6.38. The van der Waals surface area contributed by atoms with Crippen molar-refractivity contribution in [3.63, 3.8) is 0 Å². The van der Waals surface area contributed by atoms with Gasteiger partial charge in [0.05, 0.1) is 11.1 Å². The van der Waals surface area contributed by atoms with E-state index in [4.69, 9.17) is 4.42 Å². The number of fused-ring (bicyclic) bond motifs is 7. The predicted octanol–water partition coefficient (Wildman–Crippen LogP) is 17.6. The zero-order chi connectivity index (χ0) is 44.3. The Balaban J connectivity index is 1.02. The normalized spacial score (nSPS) is 12.6. The van der Waals surface area contributed by atoms with E-state index in [1.807, 2.05) is 6.07 Å². The molecular weight excluding hydrogens is 811 g/mol. The van der Waals surface area contributed by atoms with E-state index >= 15 is 0 Å². The third kappa shape index (κ3) is 6.18. The van der Waals surface area contributed by atoms with E-state index in [0.717, 1.165) is 61.3 Å². The molecule has 0 atom stereocenters. The molecular formula is C65H43NO. The Kier molecular flexibility index (Phi) is 9.11. The van der Waals surface area contributed by atoms with Crippen molar-refractivity contribution < 1.29 is 4.42 Å². The van der Waals surface area contributed by atoms with E-state index < -0.39 is 5.41 Å². The Morgan fingerprint density at radius 3 is 1.70 bits per heavy atom. The Hall–Kier alpha value is -8.72. The molecule has 13 rings (SSSR count). The summed E-state index contributed by atoms with van der Waals surface area (Å²) in [5, 5.41) is 4.72. The largest absolute Gasteiger partial charge is 0.456 e. The van der Waals surface area contributed by atoms with Crippen molar-refractivity contribution in [2.45, 2.75) is 5.41 Å². The highest BCUT2D eigenvalue weighted by Gasteiger charge is 2.46. The first-order valence-electron chi connectivity index (χ1n) is 23.1. The molecule has 2 heteroatoms. The fourth-order valence-electron chi connectivity index (χ4n) is 11.0. The number of hydrogen-bond donors (Lipinski definition) is 0. The lowest BCUT2D eigenvalue weighted by Crippen LogP contribution is -2.28. The molecule has 0 fully saturated rings. The SMILES string of the molecule is c1ccc(C2(c3ccccc3)c3ccccc3-c3ccc(-c4ccccc4N(c4ccc(-c5cccc6ccccc56)cc4)c4cccc(-c5cccc6oc7ccccc7c56)c4)cc32)cc1. The summed E-state index contributed by atoms with van der Waals surface area (Å²) < 4.78 is 6.38. The molecule has 1 aromatic heterocycles. The maximum absolute atomic E-state index is 6.38. The highest BCUT2D eigenvalue weighted by Crippen LogP contribution is 2.57. The van der Waals surface area contributed by atoms with Gasteiger partial charge in [0.2, 0.25) is 0 Å². The van der Waals surface area contributed by atoms with Crippen molar-refractivity contribution in [3.05, 3.63) is 283 Å². The van der Waals surface area contributed by atoms with Crippen molar-refractivity contribution in [2.24, 2.45) is 0 Å². The molecule has 0 saturated heterocycles. The molecule has 12 aromatic rings. The van der Waals surface area contributed by atoms with Crippen molar-refractivity contribution in [3.8, 4) is 44.5 Å². The van der Waals surface area contributed by atoms with Crippen LogP contribution < -0.4 is 4.90 Å². The molecule has 67 heavy (non-hydrogen) atoms. The van der Waals surface area contributed by atoms with Gasteiger partial charge in [0.15, 0.2) is 0 Å². The van der Waals surface area contributed by atoms with Crippen LogP contribution in [-0.4, -0.2) is 0 Å². The third-order valence-corrected chi connectivity index (χ3v) is 14.0. The van der Waals surface area contributed by atoms with Crippen molar-refractivity contribution in [2.75, 3.05) is 4.90 Å². The van der Waals surface area contributed by atoms with E-state index in [-0.39, 0.29) is 0 Å². The van der Waals surface area contributed by atoms with Crippen LogP contribution in [0, 0.1) is 0 Å². The van der Waals surface area contributed by atoms with Crippen LogP contribution in [0.4, 0.5) is 17.1 Å². The van der Waals surface area contributed by atoms with E-state index in [2.05, 4.69) is 260 Å². The Morgan fingerprint density at radius 1 is 0.313 bits per heavy atom. The molecule has 11 aromatic carbocycles. The summed E-state index contributed by atoms with van der Waals surface area (Å²) in [6, 6.07) is 95.1. The minimum atomic E-state index is -0.511. The predicted molar refractivity (Wildman–Crippen MR) is 280 cm³/mol. The Morgan fingerprint density at radius 2 is 0.881 bits per heavy atom. The molecule has 0 N–H and O–H groups in total. The van der Waals surface area contributed by atoms with Crippen LogP contribution in [0.3, 0.4) is 0 Å². The second-order valence-corrected chi connectivity index (χ2v) is 17.5. The van der Waals surface area contributed by atoms with Gasteiger partial charge in [-0.3, -0.25) is 0 Å². The summed E-state index contributed by atoms with van der Waals surface area (Å²) in [6.45, 7) is 0. The lowest BCUT2D eigenvalue weighted by Gasteiger charge is -2.34. The van der Waals surface area contributed by atoms with Gasteiger partial charge in [-0.25, -0.2) is 0 Å². The smallest absolute Gasteiger partial charge is 0.136 e. The van der Waals surface area contributed by atoms with Gasteiger partial charge in [0, 0.05) is 27.7 Å². The maximum Gasteiger partial charge on any atom is 0.136 e. The van der Waals surface area contributed by atoms with Crippen LogP contribution in [0.5, 0.6) is 0 Å². The molecule has 2 nitrogen and oxygen atoms in total. The standard InChI is InChI=1S/C65H43NO/c1-3-21-48(22-4-1)65(49-23-5-2-6-24-49)59-32-12-9-28-56(59)57-41-38-47(43-60(57)65)54-27-10-13-33-61(54)66(50-39-36-45(37-40-50)53-30-16-19-44-18-7-8-26-52(44)53)51-25-15-20-46(42-51)55-31-17-35-63-64(55)58-29-11-14-34-62(58)67-63/h1-43H. The quantitative estimate of drug-likeness (QED) is 0.151. The number of furan rings is 1. The molecule has 0 radical (unpaired) electrons. The van der Waals surface area contributed by atoms with Crippen LogP contribution in [0.15, 0.2) is 265 Å². The summed E-state index contributed by atoms with van der Waals surface area (Å²) in [7, 11) is 0. The minimum Gasteiger partial charge on any atom is -0.456 e. The molecule has 0 unspecified atom stereocenters. The van der Waals surface area contributed by atoms with Crippen LogP contribution in [0.25, 0.3) is 77.2 Å². The van der Waals surface area contributed by atoms with E-state index in [1.165, 1.54) is 55.3 Å². The minimum absolute atomic E-state index is 0.511. The highest BCUT2D eigenvalue weighted by molar-refractivity contribution is 6.12. The second kappa shape index (κ2) is 15.8. The average Bonchev–Trinajstić information content (AvgIpc) is 3.93. The van der Waals surface area contributed by atoms with Gasteiger partial charge < -0.3 is 9.32 Å². The van der Waals surface area contributed by atoms with Gasteiger partial charge in [-0.15, -0.1) is 0 Å². The van der Waals surface area contributed by atoms with Crippen LogP contribution in [0.2, 0.25) is 0 Å². The van der Waals surface area contributed by atoms with Crippen LogP contribution >= 0.6 is 0 Å². The number of para-hydroxylation sites is 2. The summed E-state index contributed by atoms with van der Waals surface area (Å²) in [6.07, 6.45) is 0. The number of rotatable bonds is 8. The number of benzene rings is 11. The first-order valence-corrected chi connectivity index (χ1v) is 23.1. The molecule has 0 bridgehead atoms. The molecule has 0 amide bonds. The van der Waals surface area contributed by atoms with Gasteiger partial charge >= 0.3 is 0 Å². The molecule has 314 valence electrons. The molecule has 1 aliphatic rings. The lowest BCUT2D eigenvalue weighted by atomic mass is 9.67. The molecule has 1 heterocycles. The van der Waals surface area contributed by atoms with Crippen molar-refractivity contribution in [1.82, 2.24) is 0 Å². The van der Waals surface area contributed by atoms with Crippen molar-refractivity contribution >= 4 is 49.8 Å².